The van der Waals surface area contributed by atoms with E-state index in [9.17, 15) is 31.1 Å². The summed E-state index contributed by atoms with van der Waals surface area (Å²) in [4.78, 5) is 12.9. The molecule has 0 aromatic heterocycles. The summed E-state index contributed by atoms with van der Waals surface area (Å²) < 4.78 is 85.1. The molecule has 0 aliphatic carbocycles. The van der Waals surface area contributed by atoms with Gasteiger partial charge >= 0.3 is 12.4 Å². The summed E-state index contributed by atoms with van der Waals surface area (Å²) in [6.45, 7) is -0.697. The zero-order valence-corrected chi connectivity index (χ0v) is 15.8. The van der Waals surface area contributed by atoms with Crippen molar-refractivity contribution in [3.63, 3.8) is 0 Å². The molecule has 2 atom stereocenters. The normalized spacial score (nSPS) is 18.7. The van der Waals surface area contributed by atoms with Crippen molar-refractivity contribution in [2.24, 2.45) is 0 Å². The first kappa shape index (κ1) is 22.9. The Balaban J connectivity index is 1.90. The minimum atomic E-state index is -5.03. The first-order chi connectivity index (χ1) is 14.9. The molecule has 1 aliphatic heterocycles. The molecule has 1 saturated heterocycles. The number of alkyl halides is 6. The Morgan fingerprint density at radius 3 is 2.38 bits per heavy atom. The number of rotatable bonds is 3. The zero-order valence-electron chi connectivity index (χ0n) is 15.8. The lowest BCUT2D eigenvalue weighted by Gasteiger charge is -2.27. The Morgan fingerprint density at radius 1 is 1.06 bits per heavy atom. The Bertz CT molecular complexity index is 1120. The monoisotopic (exact) mass is 454 g/mol. The summed E-state index contributed by atoms with van der Waals surface area (Å²) in [6, 6.07) is 10.9. The number of hydrogen-bond donors (Lipinski definition) is 1. The molecule has 1 heterocycles. The van der Waals surface area contributed by atoms with Crippen LogP contribution in [0.3, 0.4) is 0 Å². The number of amides is 1. The van der Waals surface area contributed by atoms with Crippen LogP contribution in [0.4, 0.5) is 37.7 Å². The van der Waals surface area contributed by atoms with Crippen molar-refractivity contribution in [1.29, 1.82) is 10.5 Å². The minimum Gasteiger partial charge on any atom is -0.335 e. The van der Waals surface area contributed by atoms with E-state index in [1.807, 2.05) is 6.07 Å². The smallest absolute Gasteiger partial charge is 0.335 e. The molecule has 2 unspecified atom stereocenters. The number of halogens is 6. The third kappa shape index (κ3) is 4.76. The molecule has 0 spiro atoms. The maximum atomic E-state index is 13.5. The molecule has 0 bridgehead atoms. The van der Waals surface area contributed by atoms with Crippen LogP contribution in [0, 0.1) is 22.7 Å². The van der Waals surface area contributed by atoms with Crippen LogP contribution < -0.4 is 10.2 Å². The van der Waals surface area contributed by atoms with E-state index in [2.05, 4.69) is 5.32 Å². The summed E-state index contributed by atoms with van der Waals surface area (Å²) >= 11 is 0. The standard InChI is InChI=1S/C20H12F6N4O2/c21-19(22,23)15-7-14(5-4-12(15)9-28)30-10-16(32-18(30)20(24,25)26)17(31)29-13-3-1-2-11(6-13)8-27/h1-7,16,18H,10H2,(H,29,31). The minimum absolute atomic E-state index is 0.136. The molecular formula is C20H12F6N4O2. The third-order valence-corrected chi connectivity index (χ3v) is 4.53. The Morgan fingerprint density at radius 2 is 1.78 bits per heavy atom. The Hall–Kier alpha value is -3.77. The summed E-state index contributed by atoms with van der Waals surface area (Å²) in [5.74, 6) is -0.971. The van der Waals surface area contributed by atoms with Gasteiger partial charge in [0.25, 0.3) is 5.91 Å². The van der Waals surface area contributed by atoms with Crippen LogP contribution in [-0.4, -0.2) is 31.0 Å². The van der Waals surface area contributed by atoms with E-state index in [1.54, 1.807) is 0 Å². The van der Waals surface area contributed by atoms with Gasteiger partial charge in [-0.2, -0.15) is 36.9 Å². The average molecular weight is 454 g/mol. The van der Waals surface area contributed by atoms with Gasteiger partial charge in [-0.05, 0) is 36.4 Å². The van der Waals surface area contributed by atoms with Gasteiger partial charge in [0.2, 0.25) is 6.23 Å². The largest absolute Gasteiger partial charge is 0.433 e. The number of hydrogen-bond acceptors (Lipinski definition) is 5. The van der Waals surface area contributed by atoms with Crippen molar-refractivity contribution >= 4 is 17.3 Å². The lowest BCUT2D eigenvalue weighted by Crippen LogP contribution is -2.42. The van der Waals surface area contributed by atoms with E-state index in [0.29, 0.717) is 11.0 Å². The third-order valence-electron chi connectivity index (χ3n) is 4.53. The Labute approximate surface area is 177 Å². The molecule has 2 aromatic rings. The van der Waals surface area contributed by atoms with Gasteiger partial charge in [-0.1, -0.05) is 6.07 Å². The second-order valence-electron chi connectivity index (χ2n) is 6.69. The summed E-state index contributed by atoms with van der Waals surface area (Å²) in [5.41, 5.74) is -2.34. The predicted molar refractivity (Wildman–Crippen MR) is 98.0 cm³/mol. The first-order valence-electron chi connectivity index (χ1n) is 8.85. The van der Waals surface area contributed by atoms with E-state index < -0.39 is 54.0 Å². The molecule has 0 radical (unpaired) electrons. The number of carbonyl (C=O) groups excluding carboxylic acids is 1. The van der Waals surface area contributed by atoms with Gasteiger partial charge in [-0.15, -0.1) is 0 Å². The molecule has 0 saturated carbocycles. The molecule has 6 nitrogen and oxygen atoms in total. The van der Waals surface area contributed by atoms with E-state index >= 15 is 0 Å². The molecular weight excluding hydrogens is 442 g/mol. The summed E-state index contributed by atoms with van der Waals surface area (Å²) in [5, 5.41) is 20.1. The average Bonchev–Trinajstić information content (AvgIpc) is 3.19. The summed E-state index contributed by atoms with van der Waals surface area (Å²) in [7, 11) is 0. The van der Waals surface area contributed by atoms with Crippen LogP contribution in [-0.2, 0) is 15.7 Å². The molecule has 1 amide bonds. The summed E-state index contributed by atoms with van der Waals surface area (Å²) in [6.07, 6.45) is -14.4. The fraction of sp³-hybridized carbons (Fsp3) is 0.250. The molecule has 12 heteroatoms. The fourth-order valence-electron chi connectivity index (χ4n) is 3.12. The van der Waals surface area contributed by atoms with Crippen LogP contribution >= 0.6 is 0 Å². The van der Waals surface area contributed by atoms with Crippen LogP contribution in [0.15, 0.2) is 42.5 Å². The molecule has 2 aromatic carbocycles. The number of ether oxygens (including phenoxy) is 1. The number of benzene rings is 2. The number of nitrogens with one attached hydrogen (secondary N) is 1. The molecule has 1 fully saturated rings. The molecule has 3 rings (SSSR count). The Kier molecular flexibility index (Phi) is 6.01. The van der Waals surface area contributed by atoms with Gasteiger partial charge in [0.15, 0.2) is 6.10 Å². The number of nitrogens with zero attached hydrogens (tertiary/aromatic N) is 3. The number of nitriles is 2. The van der Waals surface area contributed by atoms with Crippen molar-refractivity contribution < 1.29 is 35.9 Å². The van der Waals surface area contributed by atoms with Crippen LogP contribution in [0.5, 0.6) is 0 Å². The fourth-order valence-corrected chi connectivity index (χ4v) is 3.12. The van der Waals surface area contributed by atoms with Gasteiger partial charge in [0.1, 0.15) is 0 Å². The molecule has 166 valence electrons. The van der Waals surface area contributed by atoms with Crippen molar-refractivity contribution in [1.82, 2.24) is 0 Å². The van der Waals surface area contributed by atoms with E-state index in [-0.39, 0.29) is 11.3 Å². The van der Waals surface area contributed by atoms with Gasteiger partial charge < -0.3 is 15.0 Å². The van der Waals surface area contributed by atoms with Crippen molar-refractivity contribution in [3.05, 3.63) is 59.2 Å². The van der Waals surface area contributed by atoms with E-state index in [1.165, 1.54) is 30.3 Å². The van der Waals surface area contributed by atoms with Crippen molar-refractivity contribution in [3.8, 4) is 12.1 Å². The highest BCUT2D eigenvalue weighted by Crippen LogP contribution is 2.39. The second kappa shape index (κ2) is 8.40. The van der Waals surface area contributed by atoms with Gasteiger partial charge in [0, 0.05) is 11.4 Å². The van der Waals surface area contributed by atoms with E-state index in [0.717, 1.165) is 12.1 Å². The highest BCUT2D eigenvalue weighted by Gasteiger charge is 2.52. The molecule has 1 aliphatic rings. The van der Waals surface area contributed by atoms with Crippen LogP contribution in [0.2, 0.25) is 0 Å². The topological polar surface area (TPSA) is 89.2 Å². The molecule has 32 heavy (non-hydrogen) atoms. The maximum Gasteiger partial charge on any atom is 0.433 e. The lowest BCUT2D eigenvalue weighted by atomic mass is 10.1. The van der Waals surface area contributed by atoms with Crippen LogP contribution in [0.25, 0.3) is 0 Å². The van der Waals surface area contributed by atoms with E-state index in [4.69, 9.17) is 15.3 Å². The van der Waals surface area contributed by atoms with Crippen LogP contribution in [0.1, 0.15) is 16.7 Å². The highest BCUT2D eigenvalue weighted by atomic mass is 19.4. The molecule has 1 N–H and O–H groups in total. The second-order valence-corrected chi connectivity index (χ2v) is 6.69. The predicted octanol–water partition coefficient (Wildman–Crippen LogP) is 4.18. The quantitative estimate of drug-likeness (QED) is 0.703. The van der Waals surface area contributed by atoms with Gasteiger partial charge in [-0.25, -0.2) is 0 Å². The van der Waals surface area contributed by atoms with Crippen molar-refractivity contribution in [2.75, 3.05) is 16.8 Å². The van der Waals surface area contributed by atoms with Gasteiger partial charge in [-0.3, -0.25) is 4.79 Å². The maximum absolute atomic E-state index is 13.5. The number of carbonyl (C=O) groups is 1. The highest BCUT2D eigenvalue weighted by molar-refractivity contribution is 5.95. The van der Waals surface area contributed by atoms with Gasteiger partial charge in [0.05, 0.1) is 35.4 Å². The number of anilines is 2. The first-order valence-corrected chi connectivity index (χ1v) is 8.85. The lowest BCUT2D eigenvalue weighted by molar-refractivity contribution is -0.212. The van der Waals surface area contributed by atoms with Crippen molar-refractivity contribution in [2.45, 2.75) is 24.7 Å². The SMILES string of the molecule is N#Cc1cccc(NC(=O)C2CN(c3ccc(C#N)c(C(F)(F)F)c3)C(C(F)(F)F)O2)c1. The zero-order chi connectivity index (χ0) is 23.7.